The molecule has 6 heteroatoms. The first-order chi connectivity index (χ1) is 14.1. The highest BCUT2D eigenvalue weighted by atomic mass is 16.6. The average molecular weight is 394 g/mol. The first-order valence-corrected chi connectivity index (χ1v) is 9.75. The minimum absolute atomic E-state index is 0.0642. The minimum Gasteiger partial charge on any atom is -0.496 e. The van der Waals surface area contributed by atoms with Crippen molar-refractivity contribution in [1.82, 2.24) is 9.80 Å². The van der Waals surface area contributed by atoms with Gasteiger partial charge in [-0.1, -0.05) is 48.5 Å². The molecule has 0 saturated carbocycles. The molecule has 0 radical (unpaired) electrons. The summed E-state index contributed by atoms with van der Waals surface area (Å²) in [5, 5.41) is 0. The predicted molar refractivity (Wildman–Crippen MR) is 112 cm³/mol. The van der Waals surface area contributed by atoms with Crippen LogP contribution in [0, 0.1) is 0 Å². The minimum atomic E-state index is -0.326. The molecule has 1 saturated heterocycles. The number of para-hydroxylation sites is 1. The van der Waals surface area contributed by atoms with Gasteiger partial charge in [0, 0.05) is 37.3 Å². The summed E-state index contributed by atoms with van der Waals surface area (Å²) in [6.45, 7) is 3.98. The van der Waals surface area contributed by atoms with Crippen molar-refractivity contribution < 1.29 is 19.1 Å². The zero-order valence-electron chi connectivity index (χ0n) is 16.8. The summed E-state index contributed by atoms with van der Waals surface area (Å²) in [5.74, 6) is 0.645. The third-order valence-electron chi connectivity index (χ3n) is 4.85. The van der Waals surface area contributed by atoms with E-state index in [0.717, 1.165) is 11.1 Å². The summed E-state index contributed by atoms with van der Waals surface area (Å²) >= 11 is 0. The van der Waals surface area contributed by atoms with Crippen molar-refractivity contribution in [3.63, 3.8) is 0 Å². The summed E-state index contributed by atoms with van der Waals surface area (Å²) in [6, 6.07) is 17.2. The van der Waals surface area contributed by atoms with Crippen molar-refractivity contribution in [2.24, 2.45) is 0 Å². The lowest BCUT2D eigenvalue weighted by atomic mass is 10.0. The highest BCUT2D eigenvalue weighted by Crippen LogP contribution is 2.26. The Hall–Kier alpha value is -3.28. The molecule has 1 aliphatic heterocycles. The zero-order chi connectivity index (χ0) is 20.6. The quantitative estimate of drug-likeness (QED) is 0.575. The van der Waals surface area contributed by atoms with Crippen molar-refractivity contribution >= 4 is 23.6 Å². The lowest BCUT2D eigenvalue weighted by Crippen LogP contribution is -2.50. The number of hydrogen-bond acceptors (Lipinski definition) is 4. The van der Waals surface area contributed by atoms with E-state index in [9.17, 15) is 9.59 Å². The van der Waals surface area contributed by atoms with Gasteiger partial charge in [0.15, 0.2) is 0 Å². The number of benzene rings is 2. The largest absolute Gasteiger partial charge is 0.496 e. The van der Waals surface area contributed by atoms with Crippen LogP contribution < -0.4 is 4.74 Å². The van der Waals surface area contributed by atoms with Gasteiger partial charge in [0.05, 0.1) is 13.7 Å². The van der Waals surface area contributed by atoms with Crippen LogP contribution >= 0.6 is 0 Å². The van der Waals surface area contributed by atoms with E-state index in [1.54, 1.807) is 23.8 Å². The molecule has 0 atom stereocenters. The third-order valence-corrected chi connectivity index (χ3v) is 4.85. The summed E-state index contributed by atoms with van der Waals surface area (Å²) in [6.07, 6.45) is 1.54. The van der Waals surface area contributed by atoms with E-state index in [4.69, 9.17) is 9.47 Å². The number of carbonyl (C=O) groups excluding carboxylic acids is 2. The molecule has 2 amide bonds. The molecule has 1 fully saturated rings. The first kappa shape index (κ1) is 20.5. The Morgan fingerprint density at radius 2 is 1.55 bits per heavy atom. The lowest BCUT2D eigenvalue weighted by molar-refractivity contribution is -0.126. The molecule has 1 heterocycles. The third kappa shape index (κ3) is 4.96. The molecule has 152 valence electrons. The average Bonchev–Trinajstić information content (AvgIpc) is 2.78. The van der Waals surface area contributed by atoms with Crippen molar-refractivity contribution in [3.8, 4) is 5.75 Å². The van der Waals surface area contributed by atoms with E-state index in [1.807, 2.05) is 60.7 Å². The van der Waals surface area contributed by atoms with E-state index in [1.165, 1.54) is 0 Å². The molecule has 2 aromatic carbocycles. The molecule has 6 nitrogen and oxygen atoms in total. The van der Waals surface area contributed by atoms with Crippen molar-refractivity contribution in [3.05, 3.63) is 65.7 Å². The second kappa shape index (κ2) is 9.78. The van der Waals surface area contributed by atoms with E-state index in [-0.39, 0.29) is 12.0 Å². The van der Waals surface area contributed by atoms with Crippen LogP contribution in [-0.4, -0.2) is 61.7 Å². The molecule has 1 aliphatic rings. The Morgan fingerprint density at radius 1 is 0.931 bits per heavy atom. The Kier molecular flexibility index (Phi) is 6.89. The Balaban J connectivity index is 1.85. The van der Waals surface area contributed by atoms with Gasteiger partial charge in [-0.05, 0) is 24.6 Å². The van der Waals surface area contributed by atoms with Crippen LogP contribution in [0.5, 0.6) is 5.75 Å². The normalized spacial score (nSPS) is 14.5. The number of ether oxygens (including phenoxy) is 2. The number of nitrogens with zero attached hydrogens (tertiary/aromatic N) is 2. The van der Waals surface area contributed by atoms with Gasteiger partial charge >= 0.3 is 6.09 Å². The number of rotatable bonds is 5. The molecule has 0 aliphatic carbocycles. The Morgan fingerprint density at radius 3 is 2.21 bits per heavy atom. The highest BCUT2D eigenvalue weighted by molar-refractivity contribution is 6.24. The molecule has 0 unspecified atom stereocenters. The molecule has 0 N–H and O–H groups in total. The molecule has 3 rings (SSSR count). The highest BCUT2D eigenvalue weighted by Gasteiger charge is 2.27. The fourth-order valence-electron chi connectivity index (χ4n) is 3.30. The zero-order valence-corrected chi connectivity index (χ0v) is 16.8. The van der Waals surface area contributed by atoms with Gasteiger partial charge in [-0.2, -0.15) is 0 Å². The fourth-order valence-corrected chi connectivity index (χ4v) is 3.30. The maximum absolute atomic E-state index is 13.4. The van der Waals surface area contributed by atoms with Gasteiger partial charge in [-0.3, -0.25) is 4.79 Å². The summed E-state index contributed by atoms with van der Waals surface area (Å²) in [7, 11) is 1.62. The van der Waals surface area contributed by atoms with Crippen LogP contribution in [0.2, 0.25) is 0 Å². The Bertz CT molecular complexity index is 871. The van der Waals surface area contributed by atoms with Crippen molar-refractivity contribution in [2.45, 2.75) is 6.92 Å². The van der Waals surface area contributed by atoms with Crippen LogP contribution in [0.3, 0.4) is 0 Å². The van der Waals surface area contributed by atoms with Gasteiger partial charge < -0.3 is 19.3 Å². The predicted octanol–water partition coefficient (Wildman–Crippen LogP) is 3.54. The number of amides is 2. The van der Waals surface area contributed by atoms with Crippen LogP contribution in [-0.2, 0) is 9.53 Å². The van der Waals surface area contributed by atoms with E-state index < -0.39 is 0 Å². The van der Waals surface area contributed by atoms with Gasteiger partial charge in [-0.15, -0.1) is 0 Å². The molecule has 0 aromatic heterocycles. The van der Waals surface area contributed by atoms with Crippen LogP contribution in [0.25, 0.3) is 11.6 Å². The lowest BCUT2D eigenvalue weighted by Gasteiger charge is -2.34. The molecular weight excluding hydrogens is 368 g/mol. The van der Waals surface area contributed by atoms with E-state index in [0.29, 0.717) is 44.1 Å². The van der Waals surface area contributed by atoms with Gasteiger partial charge in [-0.25, -0.2) is 4.79 Å². The second-order valence-corrected chi connectivity index (χ2v) is 6.64. The molecule has 29 heavy (non-hydrogen) atoms. The first-order valence-electron chi connectivity index (χ1n) is 9.75. The maximum Gasteiger partial charge on any atom is 0.409 e. The van der Waals surface area contributed by atoms with E-state index in [2.05, 4.69) is 0 Å². The maximum atomic E-state index is 13.4. The second-order valence-electron chi connectivity index (χ2n) is 6.64. The number of hydrogen-bond donors (Lipinski definition) is 0. The fraction of sp³-hybridized carbons (Fsp3) is 0.304. The van der Waals surface area contributed by atoms with Gasteiger partial charge in [0.2, 0.25) is 0 Å². The standard InChI is InChI=1S/C23H26N2O4/c1-3-29-23(27)25-15-13-24(14-16-25)22(26)20(18-9-5-4-6-10-18)17-19-11-7-8-12-21(19)28-2/h4-12,17H,3,13-16H2,1-2H3/b20-17+. The van der Waals surface area contributed by atoms with Crippen molar-refractivity contribution in [1.29, 1.82) is 0 Å². The molecule has 0 bridgehead atoms. The molecule has 0 spiro atoms. The Labute approximate surface area is 171 Å². The summed E-state index contributed by atoms with van der Waals surface area (Å²) in [5.41, 5.74) is 2.28. The monoisotopic (exact) mass is 394 g/mol. The van der Waals surface area contributed by atoms with Crippen LogP contribution in [0.1, 0.15) is 18.1 Å². The van der Waals surface area contributed by atoms with E-state index >= 15 is 0 Å². The van der Waals surface area contributed by atoms with Gasteiger partial charge in [0.25, 0.3) is 5.91 Å². The van der Waals surface area contributed by atoms with Gasteiger partial charge in [0.1, 0.15) is 5.75 Å². The summed E-state index contributed by atoms with van der Waals surface area (Å²) in [4.78, 5) is 28.7. The molecular formula is C23H26N2O4. The summed E-state index contributed by atoms with van der Waals surface area (Å²) < 4.78 is 10.5. The topological polar surface area (TPSA) is 59.1 Å². The van der Waals surface area contributed by atoms with Crippen molar-refractivity contribution in [2.75, 3.05) is 39.9 Å². The van der Waals surface area contributed by atoms with Crippen LogP contribution in [0.4, 0.5) is 4.79 Å². The number of methoxy groups -OCH3 is 1. The SMILES string of the molecule is CCOC(=O)N1CCN(C(=O)/C(=C/c2ccccc2OC)c2ccccc2)CC1. The van der Waals surface area contributed by atoms with Crippen LogP contribution in [0.15, 0.2) is 54.6 Å². The smallest absolute Gasteiger partial charge is 0.409 e. The number of piperazine rings is 1. The number of carbonyl (C=O) groups is 2. The molecule has 2 aromatic rings.